The van der Waals surface area contributed by atoms with Crippen molar-refractivity contribution in [3.8, 4) is 5.75 Å². The van der Waals surface area contributed by atoms with Gasteiger partial charge in [0.1, 0.15) is 5.75 Å². The molecule has 0 bridgehead atoms. The lowest BCUT2D eigenvalue weighted by molar-refractivity contribution is -0.116. The number of hydrogen-bond acceptors (Lipinski definition) is 4. The van der Waals surface area contributed by atoms with Crippen LogP contribution in [0.3, 0.4) is 0 Å². The molecule has 32 heavy (non-hydrogen) atoms. The number of rotatable bonds is 5. The maximum atomic E-state index is 12.2. The molecular formula is C27H31N3O2. The summed E-state index contributed by atoms with van der Waals surface area (Å²) in [7, 11) is 1.72. The molecule has 0 aliphatic carbocycles. The Balaban J connectivity index is 1.23. The lowest BCUT2D eigenvalue weighted by Crippen LogP contribution is -2.47. The Morgan fingerprint density at radius 2 is 1.88 bits per heavy atom. The number of benzene rings is 3. The van der Waals surface area contributed by atoms with Crippen LogP contribution in [0.25, 0.3) is 10.8 Å². The van der Waals surface area contributed by atoms with Gasteiger partial charge in [-0.05, 0) is 61.0 Å². The molecule has 5 nitrogen and oxygen atoms in total. The normalized spacial score (nSPS) is 19.0. The molecule has 1 saturated heterocycles. The van der Waals surface area contributed by atoms with Gasteiger partial charge in [0.25, 0.3) is 0 Å². The Labute approximate surface area is 190 Å². The average Bonchev–Trinajstić information content (AvgIpc) is 2.82. The number of fused-ring (bicyclic) bond motifs is 2. The number of carbonyl (C=O) groups is 1. The van der Waals surface area contributed by atoms with Crippen LogP contribution in [0.15, 0.2) is 54.6 Å². The summed E-state index contributed by atoms with van der Waals surface area (Å²) in [5.41, 5.74) is 4.83. The van der Waals surface area contributed by atoms with Crippen LogP contribution < -0.4 is 15.0 Å². The molecule has 0 aromatic heterocycles. The summed E-state index contributed by atoms with van der Waals surface area (Å²) in [5, 5.41) is 5.53. The van der Waals surface area contributed by atoms with Crippen molar-refractivity contribution in [1.29, 1.82) is 0 Å². The monoisotopic (exact) mass is 429 g/mol. The second kappa shape index (κ2) is 8.83. The predicted molar refractivity (Wildman–Crippen MR) is 131 cm³/mol. The summed E-state index contributed by atoms with van der Waals surface area (Å²) >= 11 is 0. The summed E-state index contributed by atoms with van der Waals surface area (Å²) in [6.45, 7) is 7.26. The molecule has 0 radical (unpaired) electrons. The first-order valence-corrected chi connectivity index (χ1v) is 11.6. The highest BCUT2D eigenvalue weighted by atomic mass is 16.5. The minimum atomic E-state index is 0.141. The Kier molecular flexibility index (Phi) is 5.75. The average molecular weight is 430 g/mol. The fourth-order valence-electron chi connectivity index (χ4n) is 5.12. The van der Waals surface area contributed by atoms with E-state index in [1.54, 1.807) is 7.11 Å². The summed E-state index contributed by atoms with van der Waals surface area (Å²) in [5.74, 6) is 1.35. The number of nitrogens with zero attached hydrogens (tertiary/aromatic N) is 2. The third-order valence-electron chi connectivity index (χ3n) is 6.93. The summed E-state index contributed by atoms with van der Waals surface area (Å²) in [4.78, 5) is 17.2. The second-order valence-corrected chi connectivity index (χ2v) is 9.02. The highest BCUT2D eigenvalue weighted by Crippen LogP contribution is 2.35. The van der Waals surface area contributed by atoms with Crippen molar-refractivity contribution < 1.29 is 9.53 Å². The molecule has 1 N–H and O–H groups in total. The quantitative estimate of drug-likeness (QED) is 0.633. The van der Waals surface area contributed by atoms with E-state index in [9.17, 15) is 4.79 Å². The molecule has 3 aromatic carbocycles. The predicted octanol–water partition coefficient (Wildman–Crippen LogP) is 4.79. The van der Waals surface area contributed by atoms with Crippen LogP contribution in [-0.4, -0.2) is 50.6 Å². The van der Waals surface area contributed by atoms with E-state index in [0.717, 1.165) is 50.6 Å². The van der Waals surface area contributed by atoms with Gasteiger partial charge < -0.3 is 15.0 Å². The van der Waals surface area contributed by atoms with Crippen LogP contribution in [-0.2, 0) is 4.79 Å². The van der Waals surface area contributed by atoms with Crippen molar-refractivity contribution in [3.05, 3.63) is 65.7 Å². The number of aryl methyl sites for hydroxylation is 1. The van der Waals surface area contributed by atoms with Crippen LogP contribution in [0.2, 0.25) is 0 Å². The van der Waals surface area contributed by atoms with Crippen molar-refractivity contribution in [2.45, 2.75) is 25.7 Å². The van der Waals surface area contributed by atoms with E-state index in [0.29, 0.717) is 12.3 Å². The molecule has 1 atom stereocenters. The summed E-state index contributed by atoms with van der Waals surface area (Å²) in [6, 6.07) is 19.2. The molecule has 166 valence electrons. The van der Waals surface area contributed by atoms with Crippen LogP contribution >= 0.6 is 0 Å². The first-order chi connectivity index (χ1) is 15.6. The van der Waals surface area contributed by atoms with Crippen LogP contribution in [0, 0.1) is 6.92 Å². The number of anilines is 2. The zero-order valence-electron chi connectivity index (χ0n) is 18.9. The first-order valence-electron chi connectivity index (χ1n) is 11.6. The molecule has 2 aliphatic rings. The van der Waals surface area contributed by atoms with Gasteiger partial charge in [-0.15, -0.1) is 0 Å². The molecule has 1 amide bonds. The Morgan fingerprint density at radius 1 is 1.03 bits per heavy atom. The zero-order valence-corrected chi connectivity index (χ0v) is 18.9. The molecular weight excluding hydrogens is 398 g/mol. The molecule has 1 unspecified atom stereocenters. The third-order valence-corrected chi connectivity index (χ3v) is 6.93. The van der Waals surface area contributed by atoms with Gasteiger partial charge in [-0.1, -0.05) is 35.9 Å². The number of amides is 1. The molecule has 2 aliphatic heterocycles. The lowest BCUT2D eigenvalue weighted by atomic mass is 9.87. The first kappa shape index (κ1) is 20.8. The molecule has 5 heteroatoms. The van der Waals surface area contributed by atoms with Gasteiger partial charge in [0.05, 0.1) is 7.11 Å². The van der Waals surface area contributed by atoms with E-state index in [4.69, 9.17) is 4.74 Å². The Morgan fingerprint density at radius 3 is 2.69 bits per heavy atom. The molecule has 3 aromatic rings. The molecule has 5 rings (SSSR count). The highest BCUT2D eigenvalue weighted by Gasteiger charge is 2.26. The van der Waals surface area contributed by atoms with Gasteiger partial charge in [-0.3, -0.25) is 9.69 Å². The number of hydrogen-bond donors (Lipinski definition) is 1. The third kappa shape index (κ3) is 4.17. The number of piperazine rings is 1. The van der Waals surface area contributed by atoms with Crippen molar-refractivity contribution in [2.75, 3.05) is 50.1 Å². The Hall–Kier alpha value is -3.05. The smallest absolute Gasteiger partial charge is 0.224 e. The summed E-state index contributed by atoms with van der Waals surface area (Å²) < 4.78 is 5.46. The highest BCUT2D eigenvalue weighted by molar-refractivity contribution is 5.95. The van der Waals surface area contributed by atoms with Gasteiger partial charge >= 0.3 is 0 Å². The van der Waals surface area contributed by atoms with Crippen LogP contribution in [0.5, 0.6) is 5.75 Å². The minimum absolute atomic E-state index is 0.141. The summed E-state index contributed by atoms with van der Waals surface area (Å²) in [6.07, 6.45) is 1.61. The van der Waals surface area contributed by atoms with E-state index in [2.05, 4.69) is 64.5 Å². The fraction of sp³-hybridized carbons (Fsp3) is 0.370. The fourth-order valence-corrected chi connectivity index (χ4v) is 5.12. The van der Waals surface area contributed by atoms with Gasteiger partial charge in [-0.2, -0.15) is 0 Å². The van der Waals surface area contributed by atoms with E-state index in [-0.39, 0.29) is 5.91 Å². The number of nitrogens with one attached hydrogen (secondary N) is 1. The number of methoxy groups -OCH3 is 1. The van der Waals surface area contributed by atoms with E-state index < -0.39 is 0 Å². The van der Waals surface area contributed by atoms with Gasteiger partial charge in [0.15, 0.2) is 0 Å². The van der Waals surface area contributed by atoms with Crippen LogP contribution in [0.1, 0.15) is 29.9 Å². The van der Waals surface area contributed by atoms with Crippen LogP contribution in [0.4, 0.5) is 11.4 Å². The second-order valence-electron chi connectivity index (χ2n) is 9.02. The molecule has 1 fully saturated rings. The molecule has 2 heterocycles. The van der Waals surface area contributed by atoms with Crippen molar-refractivity contribution in [2.24, 2.45) is 0 Å². The maximum absolute atomic E-state index is 12.2. The largest absolute Gasteiger partial charge is 0.497 e. The van der Waals surface area contributed by atoms with Crippen molar-refractivity contribution >= 4 is 28.1 Å². The van der Waals surface area contributed by atoms with E-state index in [1.807, 2.05) is 12.1 Å². The number of ether oxygens (including phenoxy) is 1. The lowest BCUT2D eigenvalue weighted by Gasteiger charge is -2.37. The van der Waals surface area contributed by atoms with E-state index in [1.165, 1.54) is 27.6 Å². The van der Waals surface area contributed by atoms with Gasteiger partial charge in [-0.25, -0.2) is 0 Å². The van der Waals surface area contributed by atoms with Crippen molar-refractivity contribution in [1.82, 2.24) is 4.90 Å². The van der Waals surface area contributed by atoms with E-state index >= 15 is 0 Å². The standard InChI is InChI=1S/C27H31N3O2/c1-19-6-9-25-23(16-19)21(17-27(31)28-25)10-11-29-12-14-30(15-13-29)26-5-3-4-20-7-8-22(32-2)18-24(20)26/h3-9,16,18,21H,10-15,17H2,1-2H3,(H,28,31). The topological polar surface area (TPSA) is 44.8 Å². The Bertz CT molecular complexity index is 1130. The van der Waals surface area contributed by atoms with Gasteiger partial charge in [0, 0.05) is 49.4 Å². The van der Waals surface area contributed by atoms with Crippen molar-refractivity contribution in [3.63, 3.8) is 0 Å². The SMILES string of the molecule is COc1ccc2cccc(N3CCN(CCC4CC(=O)Nc5ccc(C)cc54)CC3)c2c1. The van der Waals surface area contributed by atoms with Gasteiger partial charge in [0.2, 0.25) is 5.91 Å². The molecule has 0 saturated carbocycles. The maximum Gasteiger partial charge on any atom is 0.224 e. The minimum Gasteiger partial charge on any atom is -0.497 e. The molecule has 0 spiro atoms. The number of carbonyl (C=O) groups excluding carboxylic acids is 1. The zero-order chi connectivity index (χ0) is 22.1.